The van der Waals surface area contributed by atoms with E-state index in [-0.39, 0.29) is 36.2 Å². The van der Waals surface area contributed by atoms with Gasteiger partial charge in [0.25, 0.3) is 5.91 Å². The number of piperidine rings is 2. The smallest absolute Gasteiger partial charge is 0.322 e. The van der Waals surface area contributed by atoms with Crippen LogP contribution < -0.4 is 20.7 Å². The minimum atomic E-state index is -0.613. The van der Waals surface area contributed by atoms with E-state index in [1.54, 1.807) is 9.42 Å². The lowest BCUT2D eigenvalue weighted by molar-refractivity contribution is -0.137. The maximum absolute atomic E-state index is 13.1. The summed E-state index contributed by atoms with van der Waals surface area (Å²) >= 11 is 0. The summed E-state index contributed by atoms with van der Waals surface area (Å²) < 4.78 is 8.01. The number of aryl methyl sites for hydroxylation is 1. The molecule has 55 heavy (non-hydrogen) atoms. The summed E-state index contributed by atoms with van der Waals surface area (Å²) in [7, 11) is 2.13. The molecule has 14 heteroatoms. The lowest BCUT2D eigenvalue weighted by Crippen LogP contribution is -2.52. The van der Waals surface area contributed by atoms with E-state index in [9.17, 15) is 19.2 Å². The third-order valence-corrected chi connectivity index (χ3v) is 10.9. The second kappa shape index (κ2) is 17.0. The normalized spacial score (nSPS) is 17.9. The zero-order valence-corrected chi connectivity index (χ0v) is 32.0. The summed E-state index contributed by atoms with van der Waals surface area (Å²) in [6.07, 6.45) is 9.26. The fourth-order valence-corrected chi connectivity index (χ4v) is 7.65. The number of rotatable bonds is 15. The lowest BCUT2D eigenvalue weighted by Gasteiger charge is -2.29. The molecule has 0 saturated carbocycles. The molecule has 3 N–H and O–H groups in total. The predicted octanol–water partition coefficient (Wildman–Crippen LogP) is 5.23. The number of nitrogens with zero attached hydrogens (tertiary/aromatic N) is 6. The van der Waals surface area contributed by atoms with Gasteiger partial charge in [-0.25, -0.2) is 0 Å². The molecule has 5 heterocycles. The Morgan fingerprint density at radius 1 is 0.982 bits per heavy atom. The number of ether oxygens (including phenoxy) is 1. The summed E-state index contributed by atoms with van der Waals surface area (Å²) in [4.78, 5) is 63.2. The molecular weight excluding hydrogens is 699 g/mol. The second-order valence-electron chi connectivity index (χ2n) is 15.3. The summed E-state index contributed by atoms with van der Waals surface area (Å²) in [5, 5.41) is 13.4. The average molecular weight is 750 g/mol. The molecule has 0 radical (unpaired) electrons. The van der Waals surface area contributed by atoms with Gasteiger partial charge in [-0.1, -0.05) is 51.0 Å². The maximum Gasteiger partial charge on any atom is 0.322 e. The molecule has 7 rings (SSSR count). The van der Waals surface area contributed by atoms with Crippen LogP contribution in [0.1, 0.15) is 110 Å². The molecule has 0 bridgehead atoms. The van der Waals surface area contributed by atoms with Gasteiger partial charge in [-0.15, -0.1) is 0 Å². The van der Waals surface area contributed by atoms with Crippen LogP contribution in [0.3, 0.4) is 0 Å². The van der Waals surface area contributed by atoms with E-state index in [0.717, 1.165) is 91.6 Å². The summed E-state index contributed by atoms with van der Waals surface area (Å²) in [5.74, 6) is -0.0359. The Hall–Kier alpha value is -5.37. The van der Waals surface area contributed by atoms with Crippen molar-refractivity contribution < 1.29 is 23.9 Å². The highest BCUT2D eigenvalue weighted by Gasteiger charge is 2.39. The molecular formula is C41H51N9O5. The van der Waals surface area contributed by atoms with Gasteiger partial charge >= 0.3 is 6.01 Å². The first kappa shape index (κ1) is 37.9. The van der Waals surface area contributed by atoms with Crippen molar-refractivity contribution in [2.75, 3.05) is 30.8 Å². The zero-order valence-electron chi connectivity index (χ0n) is 32.0. The number of anilines is 2. The number of nitrogens with one attached hydrogen (secondary N) is 3. The van der Waals surface area contributed by atoms with E-state index >= 15 is 0 Å². The molecule has 1 atom stereocenters. The van der Waals surface area contributed by atoms with Gasteiger partial charge in [0.2, 0.25) is 23.7 Å². The van der Waals surface area contributed by atoms with Crippen LogP contribution in [0.5, 0.6) is 6.01 Å². The number of likely N-dealkylation sites (tertiary alicyclic amines) is 1. The number of benzene rings is 2. The van der Waals surface area contributed by atoms with Crippen LogP contribution in [0.25, 0.3) is 5.65 Å². The number of imide groups is 1. The first-order chi connectivity index (χ1) is 26.6. The van der Waals surface area contributed by atoms with Crippen molar-refractivity contribution in [3.63, 3.8) is 0 Å². The number of hydrogen-bond acceptors (Lipinski definition) is 10. The standard InChI is InChI=1S/C41H51N9O5/c1-26(2)32-24-43-50-37(32)46-41(55-30-19-21-48(3)22-20-30)47-40(50)42-23-27-13-15-29(16-14-27)44-35(51)12-7-5-4-6-9-28-10-8-11-31-33(28)25-49(39(31)54)34-17-18-36(52)45-38(34)53/h8,10-11,13-16,24,26,30,34H,4-7,9,12,17-23,25H2,1-3H3,(H,44,51)(H,42,46,47)(H,45,52,53). The van der Waals surface area contributed by atoms with Gasteiger partial charge in [0.1, 0.15) is 12.1 Å². The van der Waals surface area contributed by atoms with Crippen LogP contribution in [0, 0.1) is 0 Å². The van der Waals surface area contributed by atoms with Gasteiger partial charge in [0, 0.05) is 55.8 Å². The fourth-order valence-electron chi connectivity index (χ4n) is 7.65. The van der Waals surface area contributed by atoms with Crippen molar-refractivity contribution in [2.45, 2.75) is 109 Å². The van der Waals surface area contributed by atoms with Gasteiger partial charge in [0.15, 0.2) is 5.65 Å². The summed E-state index contributed by atoms with van der Waals surface area (Å²) in [6.45, 7) is 7.11. The van der Waals surface area contributed by atoms with Gasteiger partial charge in [-0.05, 0) is 86.4 Å². The molecule has 2 saturated heterocycles. The Bertz CT molecular complexity index is 2040. The molecule has 2 fully saturated rings. The van der Waals surface area contributed by atoms with E-state index in [0.29, 0.717) is 43.5 Å². The topological polar surface area (TPSA) is 163 Å². The van der Waals surface area contributed by atoms with Gasteiger partial charge in [-0.2, -0.15) is 19.6 Å². The molecule has 4 aromatic rings. The minimum absolute atomic E-state index is 0.0148. The molecule has 3 aliphatic rings. The van der Waals surface area contributed by atoms with Crippen molar-refractivity contribution in [3.8, 4) is 6.01 Å². The maximum atomic E-state index is 13.1. The summed E-state index contributed by atoms with van der Waals surface area (Å²) in [5.41, 5.74) is 6.29. The Kier molecular flexibility index (Phi) is 11.7. The van der Waals surface area contributed by atoms with Crippen LogP contribution >= 0.6 is 0 Å². The molecule has 2 aromatic carbocycles. The van der Waals surface area contributed by atoms with Crippen molar-refractivity contribution >= 4 is 40.9 Å². The highest BCUT2D eigenvalue weighted by molar-refractivity contribution is 6.05. The van der Waals surface area contributed by atoms with E-state index in [4.69, 9.17) is 14.7 Å². The van der Waals surface area contributed by atoms with Gasteiger partial charge in [0.05, 0.1) is 6.20 Å². The molecule has 4 amide bonds. The number of aromatic nitrogens is 4. The van der Waals surface area contributed by atoms with E-state index in [1.807, 2.05) is 48.7 Å². The Balaban J connectivity index is 0.849. The van der Waals surface area contributed by atoms with Crippen LogP contribution in [0.4, 0.5) is 11.6 Å². The quantitative estimate of drug-likeness (QED) is 0.108. The Morgan fingerprint density at radius 3 is 2.53 bits per heavy atom. The zero-order chi connectivity index (χ0) is 38.5. The molecule has 2 aromatic heterocycles. The predicted molar refractivity (Wildman–Crippen MR) is 208 cm³/mol. The molecule has 0 spiro atoms. The Morgan fingerprint density at radius 2 is 1.76 bits per heavy atom. The minimum Gasteiger partial charge on any atom is -0.460 e. The van der Waals surface area contributed by atoms with Crippen molar-refractivity contribution in [2.24, 2.45) is 0 Å². The highest BCUT2D eigenvalue weighted by Crippen LogP contribution is 2.31. The van der Waals surface area contributed by atoms with Gasteiger partial charge < -0.3 is 25.2 Å². The third-order valence-electron chi connectivity index (χ3n) is 10.9. The number of carbonyl (C=O) groups is 4. The molecule has 3 aliphatic heterocycles. The third kappa shape index (κ3) is 8.96. The van der Waals surface area contributed by atoms with Crippen molar-refractivity contribution in [1.82, 2.24) is 34.7 Å². The first-order valence-electron chi connectivity index (χ1n) is 19.6. The van der Waals surface area contributed by atoms with Crippen LogP contribution in [-0.2, 0) is 33.9 Å². The second-order valence-corrected chi connectivity index (χ2v) is 15.3. The SMILES string of the molecule is CC(C)c1cnn2c(NCc3ccc(NC(=O)CCCCCCc4cccc5c4CN(C4CCC(=O)NC4=O)C5=O)cc3)nc(OC3CCN(C)CC3)nc12. The fraction of sp³-hybridized carbons (Fsp3) is 0.488. The lowest BCUT2D eigenvalue weighted by atomic mass is 9.98. The van der Waals surface area contributed by atoms with Crippen LogP contribution in [0.15, 0.2) is 48.7 Å². The molecule has 14 nitrogen and oxygen atoms in total. The average Bonchev–Trinajstić information content (AvgIpc) is 3.75. The number of hydrogen-bond donors (Lipinski definition) is 3. The Labute approximate surface area is 321 Å². The monoisotopic (exact) mass is 749 g/mol. The highest BCUT2D eigenvalue weighted by atomic mass is 16.5. The largest absolute Gasteiger partial charge is 0.460 e. The van der Waals surface area contributed by atoms with Crippen molar-refractivity contribution in [3.05, 3.63) is 76.5 Å². The van der Waals surface area contributed by atoms with E-state index in [1.165, 1.54) is 0 Å². The van der Waals surface area contributed by atoms with E-state index < -0.39 is 11.9 Å². The molecule has 290 valence electrons. The molecule has 1 unspecified atom stereocenters. The number of fused-ring (bicyclic) bond motifs is 2. The van der Waals surface area contributed by atoms with Crippen LogP contribution in [-0.4, -0.2) is 85.3 Å². The van der Waals surface area contributed by atoms with Crippen molar-refractivity contribution in [1.29, 1.82) is 0 Å². The number of carbonyl (C=O) groups excluding carboxylic acids is 4. The van der Waals surface area contributed by atoms with Crippen LogP contribution in [0.2, 0.25) is 0 Å². The first-order valence-corrected chi connectivity index (χ1v) is 19.6. The molecule has 0 aliphatic carbocycles. The number of amides is 4. The van der Waals surface area contributed by atoms with Gasteiger partial charge in [-0.3, -0.25) is 24.5 Å². The van der Waals surface area contributed by atoms with E-state index in [2.05, 4.69) is 46.8 Å². The number of unbranched alkanes of at least 4 members (excludes halogenated alkanes) is 3. The summed E-state index contributed by atoms with van der Waals surface area (Å²) in [6, 6.07) is 13.3.